The number of carbonyl (C=O) groups is 1. The second kappa shape index (κ2) is 4.98. The van der Waals surface area contributed by atoms with Crippen molar-refractivity contribution in [3.63, 3.8) is 0 Å². The molecule has 0 aliphatic heterocycles. The minimum absolute atomic E-state index is 0.0435. The lowest BCUT2D eigenvalue weighted by Crippen LogP contribution is -2.37. The van der Waals surface area contributed by atoms with Crippen LogP contribution in [0.3, 0.4) is 0 Å². The first-order valence-corrected chi connectivity index (χ1v) is 5.07. The van der Waals surface area contributed by atoms with Gasteiger partial charge in [0.05, 0.1) is 18.2 Å². The zero-order valence-electron chi connectivity index (χ0n) is 9.33. The number of aryl methyl sites for hydroxylation is 2. The second-order valence-electron chi connectivity index (χ2n) is 3.59. The number of carbonyl (C=O) groups excluding carboxylic acids is 1. The van der Waals surface area contributed by atoms with Gasteiger partial charge in [0.2, 0.25) is 0 Å². The molecule has 84 valence electrons. The first kappa shape index (κ1) is 11.8. The van der Waals surface area contributed by atoms with Crippen LogP contribution in [0, 0.1) is 13.8 Å². The molecule has 4 heteroatoms. The van der Waals surface area contributed by atoms with Crippen LogP contribution in [0.5, 0.6) is 0 Å². The number of nitrogens with one attached hydrogen (secondary N) is 1. The Bertz CT molecular complexity index is 340. The highest BCUT2D eigenvalue weighted by molar-refractivity contribution is 5.95. The van der Waals surface area contributed by atoms with Crippen molar-refractivity contribution < 1.29 is 14.3 Å². The Balaban J connectivity index is 2.72. The first-order valence-electron chi connectivity index (χ1n) is 5.07. The molecule has 0 radical (unpaired) electrons. The summed E-state index contributed by atoms with van der Waals surface area (Å²) < 4.78 is 5.26. The van der Waals surface area contributed by atoms with E-state index in [1.54, 1.807) is 19.9 Å². The van der Waals surface area contributed by atoms with Crippen molar-refractivity contribution in [1.82, 2.24) is 5.32 Å². The summed E-state index contributed by atoms with van der Waals surface area (Å²) in [5.41, 5.74) is 0.541. The Labute approximate surface area is 89.3 Å². The number of rotatable bonds is 4. The molecule has 0 fully saturated rings. The largest absolute Gasteiger partial charge is 0.466 e. The van der Waals surface area contributed by atoms with Gasteiger partial charge in [0.15, 0.2) is 0 Å². The van der Waals surface area contributed by atoms with E-state index in [1.807, 2.05) is 6.92 Å². The average Bonchev–Trinajstić information content (AvgIpc) is 2.54. The standard InChI is InChI=1S/C11H17NO3/c1-4-9(6-13)12-11(14)10-5-7(2)15-8(10)3/h5,9,13H,4,6H2,1-3H3,(H,12,14). The average molecular weight is 211 g/mol. The molecule has 4 nitrogen and oxygen atoms in total. The Kier molecular flexibility index (Phi) is 3.91. The highest BCUT2D eigenvalue weighted by Gasteiger charge is 2.16. The summed E-state index contributed by atoms with van der Waals surface area (Å²) in [6, 6.07) is 1.52. The van der Waals surface area contributed by atoms with Crippen LogP contribution < -0.4 is 5.32 Å². The van der Waals surface area contributed by atoms with Crippen LogP contribution in [0.4, 0.5) is 0 Å². The Morgan fingerprint density at radius 1 is 1.60 bits per heavy atom. The number of amides is 1. The summed E-state index contributed by atoms with van der Waals surface area (Å²) in [6.45, 7) is 5.42. The predicted octanol–water partition coefficient (Wildman–Crippen LogP) is 1.40. The van der Waals surface area contributed by atoms with E-state index in [-0.39, 0.29) is 18.6 Å². The Hall–Kier alpha value is -1.29. The summed E-state index contributed by atoms with van der Waals surface area (Å²) in [6.07, 6.45) is 0.706. The van der Waals surface area contributed by atoms with E-state index in [4.69, 9.17) is 9.52 Å². The molecule has 1 amide bonds. The molecule has 2 N–H and O–H groups in total. The van der Waals surface area contributed by atoms with Gasteiger partial charge in [-0.1, -0.05) is 6.92 Å². The van der Waals surface area contributed by atoms with E-state index in [2.05, 4.69) is 5.32 Å². The molecule has 0 saturated carbocycles. The molecule has 0 aromatic carbocycles. The van der Waals surface area contributed by atoms with Crippen molar-refractivity contribution in [3.05, 3.63) is 23.2 Å². The maximum Gasteiger partial charge on any atom is 0.255 e. The molecule has 1 heterocycles. The molecule has 1 rings (SSSR count). The summed E-state index contributed by atoms with van der Waals surface area (Å²) >= 11 is 0. The Morgan fingerprint density at radius 2 is 2.27 bits per heavy atom. The summed E-state index contributed by atoms with van der Waals surface area (Å²) in [5.74, 6) is 1.14. The van der Waals surface area contributed by atoms with Gasteiger partial charge in [-0.15, -0.1) is 0 Å². The lowest BCUT2D eigenvalue weighted by atomic mass is 10.2. The molecule has 0 aliphatic rings. The van der Waals surface area contributed by atoms with Gasteiger partial charge < -0.3 is 14.8 Å². The van der Waals surface area contributed by atoms with Crippen molar-refractivity contribution in [2.24, 2.45) is 0 Å². The maximum atomic E-state index is 11.7. The van der Waals surface area contributed by atoms with E-state index in [9.17, 15) is 4.79 Å². The minimum atomic E-state index is -0.190. The highest BCUT2D eigenvalue weighted by atomic mass is 16.3. The third-order valence-corrected chi connectivity index (χ3v) is 2.33. The molecular weight excluding hydrogens is 194 g/mol. The molecule has 1 atom stereocenters. The summed E-state index contributed by atoms with van der Waals surface area (Å²) in [7, 11) is 0. The van der Waals surface area contributed by atoms with Crippen molar-refractivity contribution >= 4 is 5.91 Å². The fraction of sp³-hybridized carbons (Fsp3) is 0.545. The molecule has 0 spiro atoms. The van der Waals surface area contributed by atoms with E-state index in [1.165, 1.54) is 0 Å². The van der Waals surface area contributed by atoms with Crippen molar-refractivity contribution in [1.29, 1.82) is 0 Å². The fourth-order valence-corrected chi connectivity index (χ4v) is 1.40. The first-order chi connectivity index (χ1) is 7.08. The smallest absolute Gasteiger partial charge is 0.255 e. The minimum Gasteiger partial charge on any atom is -0.466 e. The SMILES string of the molecule is CCC(CO)NC(=O)c1cc(C)oc1C. The van der Waals surface area contributed by atoms with Crippen LogP contribution in [-0.2, 0) is 0 Å². The number of hydrogen-bond acceptors (Lipinski definition) is 3. The lowest BCUT2D eigenvalue weighted by Gasteiger charge is -2.13. The predicted molar refractivity (Wildman–Crippen MR) is 56.8 cm³/mol. The van der Waals surface area contributed by atoms with Crippen molar-refractivity contribution in [2.45, 2.75) is 33.2 Å². The van der Waals surface area contributed by atoms with Gasteiger partial charge in [-0.2, -0.15) is 0 Å². The second-order valence-corrected chi connectivity index (χ2v) is 3.59. The van der Waals surface area contributed by atoms with Crippen LogP contribution in [0.1, 0.15) is 35.2 Å². The van der Waals surface area contributed by atoms with Gasteiger partial charge >= 0.3 is 0 Å². The summed E-state index contributed by atoms with van der Waals surface area (Å²) in [5, 5.41) is 11.7. The van der Waals surface area contributed by atoms with Gasteiger partial charge in [-0.25, -0.2) is 0 Å². The van der Waals surface area contributed by atoms with Gasteiger partial charge in [0.1, 0.15) is 11.5 Å². The fourth-order valence-electron chi connectivity index (χ4n) is 1.40. The number of aliphatic hydroxyl groups excluding tert-OH is 1. The van der Waals surface area contributed by atoms with E-state index >= 15 is 0 Å². The zero-order chi connectivity index (χ0) is 11.4. The molecule has 1 aromatic heterocycles. The van der Waals surface area contributed by atoms with Crippen LogP contribution in [0.2, 0.25) is 0 Å². The molecule has 0 aliphatic carbocycles. The van der Waals surface area contributed by atoms with E-state index in [0.29, 0.717) is 17.7 Å². The third-order valence-electron chi connectivity index (χ3n) is 2.33. The van der Waals surface area contributed by atoms with Crippen LogP contribution in [0.15, 0.2) is 10.5 Å². The van der Waals surface area contributed by atoms with Crippen LogP contribution in [0.25, 0.3) is 0 Å². The quantitative estimate of drug-likeness (QED) is 0.791. The van der Waals surface area contributed by atoms with Crippen molar-refractivity contribution in [3.8, 4) is 0 Å². The van der Waals surface area contributed by atoms with Gasteiger partial charge in [-0.3, -0.25) is 4.79 Å². The highest BCUT2D eigenvalue weighted by Crippen LogP contribution is 2.13. The lowest BCUT2D eigenvalue weighted by molar-refractivity contribution is 0.0913. The van der Waals surface area contributed by atoms with Crippen molar-refractivity contribution in [2.75, 3.05) is 6.61 Å². The van der Waals surface area contributed by atoms with Crippen LogP contribution >= 0.6 is 0 Å². The van der Waals surface area contributed by atoms with Gasteiger partial charge in [-0.05, 0) is 26.3 Å². The third kappa shape index (κ3) is 2.83. The molecule has 0 bridgehead atoms. The topological polar surface area (TPSA) is 62.5 Å². The number of aliphatic hydroxyl groups is 1. The monoisotopic (exact) mass is 211 g/mol. The molecule has 0 saturated heterocycles. The number of hydrogen-bond donors (Lipinski definition) is 2. The van der Waals surface area contributed by atoms with Gasteiger partial charge in [0.25, 0.3) is 5.91 Å². The van der Waals surface area contributed by atoms with Gasteiger partial charge in [0, 0.05) is 0 Å². The Morgan fingerprint density at radius 3 is 2.67 bits per heavy atom. The molecular formula is C11H17NO3. The molecule has 1 aromatic rings. The maximum absolute atomic E-state index is 11.7. The molecule has 15 heavy (non-hydrogen) atoms. The van der Waals surface area contributed by atoms with Crippen LogP contribution in [-0.4, -0.2) is 23.7 Å². The normalized spacial score (nSPS) is 12.5. The zero-order valence-corrected chi connectivity index (χ0v) is 9.33. The summed E-state index contributed by atoms with van der Waals surface area (Å²) in [4.78, 5) is 11.7. The molecule has 1 unspecified atom stereocenters. The van der Waals surface area contributed by atoms with E-state index < -0.39 is 0 Å². The van der Waals surface area contributed by atoms with E-state index in [0.717, 1.165) is 5.76 Å². The number of furan rings is 1.